The van der Waals surface area contributed by atoms with Crippen LogP contribution in [0.1, 0.15) is 5.56 Å². The molecular weight excluding hydrogens is 146 g/mol. The summed E-state index contributed by atoms with van der Waals surface area (Å²) < 4.78 is 0. The predicted octanol–water partition coefficient (Wildman–Crippen LogP) is 2.13. The van der Waals surface area contributed by atoms with Gasteiger partial charge < -0.3 is 0 Å². The Bertz CT molecular complexity index is 257. The highest BCUT2D eigenvalue weighted by molar-refractivity contribution is 6.31. The molecule has 0 fully saturated rings. The molecule has 0 aliphatic carbocycles. The lowest BCUT2D eigenvalue weighted by Crippen LogP contribution is -1.88. The molecule has 0 saturated heterocycles. The van der Waals surface area contributed by atoms with E-state index in [1.165, 1.54) is 5.56 Å². The van der Waals surface area contributed by atoms with Crippen molar-refractivity contribution in [2.24, 2.45) is 0 Å². The van der Waals surface area contributed by atoms with Gasteiger partial charge in [-0.15, -0.1) is 0 Å². The standard InChI is InChI=1S/C8H7ClN/c9-7-2-1-3-8-6(7)4-5-10-8/h1-3H,4-5H2. The van der Waals surface area contributed by atoms with E-state index >= 15 is 0 Å². The smallest absolute Gasteiger partial charge is 0.0621 e. The number of benzene rings is 1. The van der Waals surface area contributed by atoms with Gasteiger partial charge in [0.15, 0.2) is 0 Å². The van der Waals surface area contributed by atoms with Crippen LogP contribution < -0.4 is 5.32 Å². The fraction of sp³-hybridized carbons (Fsp3) is 0.250. The zero-order valence-electron chi connectivity index (χ0n) is 5.47. The molecule has 1 aliphatic rings. The molecule has 1 radical (unpaired) electrons. The van der Waals surface area contributed by atoms with Gasteiger partial charge in [-0.2, -0.15) is 0 Å². The van der Waals surface area contributed by atoms with Gasteiger partial charge in [0.1, 0.15) is 0 Å². The first kappa shape index (κ1) is 6.05. The van der Waals surface area contributed by atoms with Gasteiger partial charge >= 0.3 is 0 Å². The normalized spacial score (nSPS) is 14.5. The number of hydrogen-bond donors (Lipinski definition) is 0. The molecule has 0 N–H and O–H groups in total. The SMILES string of the molecule is Clc1cccc2c1CC[N]2. The van der Waals surface area contributed by atoms with E-state index in [9.17, 15) is 0 Å². The summed E-state index contributed by atoms with van der Waals surface area (Å²) in [5.41, 5.74) is 2.29. The second-order valence-electron chi connectivity index (χ2n) is 2.37. The average molecular weight is 153 g/mol. The molecule has 1 nitrogen and oxygen atoms in total. The van der Waals surface area contributed by atoms with Gasteiger partial charge in [-0.05, 0) is 24.1 Å². The van der Waals surface area contributed by atoms with Gasteiger partial charge in [-0.25, -0.2) is 0 Å². The molecule has 1 aromatic rings. The van der Waals surface area contributed by atoms with Crippen molar-refractivity contribution < 1.29 is 0 Å². The van der Waals surface area contributed by atoms with Crippen LogP contribution in [0.25, 0.3) is 0 Å². The van der Waals surface area contributed by atoms with E-state index < -0.39 is 0 Å². The highest BCUT2D eigenvalue weighted by atomic mass is 35.5. The van der Waals surface area contributed by atoms with Crippen LogP contribution in [0.4, 0.5) is 5.69 Å². The van der Waals surface area contributed by atoms with E-state index in [-0.39, 0.29) is 0 Å². The maximum absolute atomic E-state index is 5.91. The Labute approximate surface area is 65.0 Å². The van der Waals surface area contributed by atoms with Gasteiger partial charge in [0.05, 0.1) is 5.69 Å². The van der Waals surface area contributed by atoms with Crippen molar-refractivity contribution in [3.63, 3.8) is 0 Å². The van der Waals surface area contributed by atoms with Crippen LogP contribution in [-0.4, -0.2) is 6.54 Å². The zero-order valence-corrected chi connectivity index (χ0v) is 6.23. The predicted molar refractivity (Wildman–Crippen MR) is 41.8 cm³/mol. The fourth-order valence-electron chi connectivity index (χ4n) is 1.23. The molecular formula is C8H7ClN. The number of nitrogens with zero attached hydrogens (tertiary/aromatic N) is 1. The van der Waals surface area contributed by atoms with Crippen LogP contribution in [0.5, 0.6) is 0 Å². The van der Waals surface area contributed by atoms with Crippen LogP contribution in [-0.2, 0) is 6.42 Å². The summed E-state index contributed by atoms with van der Waals surface area (Å²) in [6.07, 6.45) is 1.01. The molecule has 0 aromatic heterocycles. The van der Waals surface area contributed by atoms with Gasteiger partial charge in [0.2, 0.25) is 0 Å². The van der Waals surface area contributed by atoms with Gasteiger partial charge in [-0.3, -0.25) is 5.32 Å². The Morgan fingerprint density at radius 3 is 3.10 bits per heavy atom. The second kappa shape index (κ2) is 2.17. The van der Waals surface area contributed by atoms with Crippen molar-refractivity contribution >= 4 is 17.3 Å². The van der Waals surface area contributed by atoms with E-state index in [1.807, 2.05) is 18.2 Å². The molecule has 0 saturated carbocycles. The minimum Gasteiger partial charge on any atom is -0.285 e. The molecule has 0 bridgehead atoms. The molecule has 1 aliphatic heterocycles. The Kier molecular flexibility index (Phi) is 1.31. The molecule has 0 spiro atoms. The van der Waals surface area contributed by atoms with Crippen molar-refractivity contribution in [3.05, 3.63) is 28.8 Å². The van der Waals surface area contributed by atoms with Crippen LogP contribution >= 0.6 is 11.6 Å². The van der Waals surface area contributed by atoms with Crippen LogP contribution in [0.2, 0.25) is 5.02 Å². The van der Waals surface area contributed by atoms with Crippen molar-refractivity contribution in [3.8, 4) is 0 Å². The summed E-state index contributed by atoms with van der Waals surface area (Å²) in [6.45, 7) is 0.902. The molecule has 1 aromatic carbocycles. The number of rotatable bonds is 0. The highest BCUT2D eigenvalue weighted by Gasteiger charge is 2.12. The maximum atomic E-state index is 5.91. The summed E-state index contributed by atoms with van der Waals surface area (Å²) >= 11 is 5.91. The van der Waals surface area contributed by atoms with E-state index in [4.69, 9.17) is 11.6 Å². The lowest BCUT2D eigenvalue weighted by Gasteiger charge is -1.97. The number of fused-ring (bicyclic) bond motifs is 1. The Hall–Kier alpha value is -0.690. The quantitative estimate of drug-likeness (QED) is 0.541. The monoisotopic (exact) mass is 152 g/mol. The average Bonchev–Trinajstić information content (AvgIpc) is 2.36. The summed E-state index contributed by atoms with van der Waals surface area (Å²) in [7, 11) is 0. The topological polar surface area (TPSA) is 14.1 Å². The summed E-state index contributed by atoms with van der Waals surface area (Å²) in [6, 6.07) is 5.87. The molecule has 0 atom stereocenters. The van der Waals surface area contributed by atoms with Crippen molar-refractivity contribution in [2.45, 2.75) is 6.42 Å². The lowest BCUT2D eigenvalue weighted by atomic mass is 10.2. The fourth-order valence-corrected chi connectivity index (χ4v) is 1.50. The zero-order chi connectivity index (χ0) is 6.97. The lowest BCUT2D eigenvalue weighted by molar-refractivity contribution is 0.909. The Morgan fingerprint density at radius 1 is 1.40 bits per heavy atom. The largest absolute Gasteiger partial charge is 0.285 e. The Balaban J connectivity index is 2.59. The molecule has 2 rings (SSSR count). The molecule has 2 heteroatoms. The molecule has 0 amide bonds. The molecule has 0 unspecified atom stereocenters. The first-order valence-electron chi connectivity index (χ1n) is 3.33. The van der Waals surface area contributed by atoms with E-state index in [1.54, 1.807) is 0 Å². The van der Waals surface area contributed by atoms with Crippen LogP contribution in [0.3, 0.4) is 0 Å². The van der Waals surface area contributed by atoms with Gasteiger partial charge in [0, 0.05) is 11.6 Å². The van der Waals surface area contributed by atoms with Crippen LogP contribution in [0.15, 0.2) is 18.2 Å². The summed E-state index contributed by atoms with van der Waals surface area (Å²) in [4.78, 5) is 0. The van der Waals surface area contributed by atoms with Crippen molar-refractivity contribution in [2.75, 3.05) is 6.54 Å². The minimum atomic E-state index is 0.860. The van der Waals surface area contributed by atoms with Gasteiger partial charge in [-0.1, -0.05) is 17.7 Å². The first-order chi connectivity index (χ1) is 4.88. The van der Waals surface area contributed by atoms with Crippen LogP contribution in [0, 0.1) is 0 Å². The van der Waals surface area contributed by atoms with Crippen molar-refractivity contribution in [1.29, 1.82) is 0 Å². The van der Waals surface area contributed by atoms with Gasteiger partial charge in [0.25, 0.3) is 0 Å². The summed E-state index contributed by atoms with van der Waals surface area (Å²) in [5, 5.41) is 5.14. The van der Waals surface area contributed by atoms with E-state index in [2.05, 4.69) is 5.32 Å². The highest BCUT2D eigenvalue weighted by Crippen LogP contribution is 2.28. The van der Waals surface area contributed by atoms with E-state index in [0.717, 1.165) is 23.7 Å². The number of hydrogen-bond acceptors (Lipinski definition) is 0. The molecule has 10 heavy (non-hydrogen) atoms. The summed E-state index contributed by atoms with van der Waals surface area (Å²) in [5.74, 6) is 0. The molecule has 51 valence electrons. The second-order valence-corrected chi connectivity index (χ2v) is 2.78. The first-order valence-corrected chi connectivity index (χ1v) is 3.70. The minimum absolute atomic E-state index is 0.860. The maximum Gasteiger partial charge on any atom is 0.0621 e. The van der Waals surface area contributed by atoms with E-state index in [0.29, 0.717) is 0 Å². The number of halogens is 1. The third-order valence-corrected chi connectivity index (χ3v) is 2.09. The third kappa shape index (κ3) is 0.781. The Morgan fingerprint density at radius 2 is 2.30 bits per heavy atom. The third-order valence-electron chi connectivity index (χ3n) is 1.74. The molecule has 1 heterocycles. The van der Waals surface area contributed by atoms with Crippen molar-refractivity contribution in [1.82, 2.24) is 5.32 Å².